The van der Waals surface area contributed by atoms with E-state index >= 15 is 0 Å². The van der Waals surface area contributed by atoms with Gasteiger partial charge in [0, 0.05) is 6.42 Å². The highest BCUT2D eigenvalue weighted by molar-refractivity contribution is 5.08. The molecule has 0 aromatic carbocycles. The van der Waals surface area contributed by atoms with Crippen molar-refractivity contribution in [1.29, 1.82) is 10.5 Å². The molecule has 0 atom stereocenters. The van der Waals surface area contributed by atoms with Crippen LogP contribution in [-0.4, -0.2) is 4.57 Å². The fourth-order valence-electron chi connectivity index (χ4n) is 1.69. The molecule has 0 saturated heterocycles. The van der Waals surface area contributed by atoms with Crippen LogP contribution in [0.4, 0.5) is 0 Å². The maximum absolute atomic E-state index is 8.84. The van der Waals surface area contributed by atoms with E-state index in [-0.39, 0.29) is 0 Å². The van der Waals surface area contributed by atoms with Gasteiger partial charge in [0.05, 0.1) is 6.54 Å². The minimum Gasteiger partial charge on any atom is -0.234 e. The number of nitrogens with zero attached hydrogens (tertiary/aromatic N) is 4. The van der Waals surface area contributed by atoms with E-state index in [0.29, 0.717) is 0 Å². The number of rotatable bonds is 4. The molecule has 0 aliphatic rings. The van der Waals surface area contributed by atoms with Crippen LogP contribution in [0.25, 0.3) is 0 Å². The minimum atomic E-state index is -0.710. The Morgan fingerprint density at radius 1 is 1.40 bits per heavy atom. The number of hydrogen-bond donors (Lipinski definition) is 0. The molecule has 1 aromatic rings. The smallest absolute Gasteiger partial charge is 0.234 e. The van der Waals surface area contributed by atoms with Crippen molar-refractivity contribution >= 4 is 0 Å². The van der Waals surface area contributed by atoms with E-state index in [0.717, 1.165) is 25.2 Å². The van der Waals surface area contributed by atoms with Crippen molar-refractivity contribution in [1.82, 2.24) is 4.57 Å². The van der Waals surface area contributed by atoms with Gasteiger partial charge in [0.2, 0.25) is 0 Å². The first-order valence-corrected chi connectivity index (χ1v) is 5.16. The first-order chi connectivity index (χ1) is 7.28. The molecule has 0 amide bonds. The lowest BCUT2D eigenvalue weighted by Gasteiger charge is -2.01. The second kappa shape index (κ2) is 5.17. The standard InChI is InChI=1S/C11H15N4/c1-3-5-14-6-7-15(11(14)4-2)10(8-12)9-13/h6-7,10H,3-5H2,1-2H3/q+1. The third-order valence-corrected chi connectivity index (χ3v) is 2.34. The van der Waals surface area contributed by atoms with Crippen LogP contribution in [0.15, 0.2) is 12.4 Å². The molecular weight excluding hydrogens is 188 g/mol. The number of aryl methyl sites for hydroxylation is 1. The Morgan fingerprint density at radius 2 is 2.07 bits per heavy atom. The van der Waals surface area contributed by atoms with Gasteiger partial charge >= 0.3 is 0 Å². The fourth-order valence-corrected chi connectivity index (χ4v) is 1.69. The number of hydrogen-bond acceptors (Lipinski definition) is 2. The third kappa shape index (κ3) is 2.16. The van der Waals surface area contributed by atoms with Gasteiger partial charge in [-0.1, -0.05) is 13.8 Å². The van der Waals surface area contributed by atoms with Gasteiger partial charge in [0.1, 0.15) is 24.5 Å². The van der Waals surface area contributed by atoms with E-state index in [9.17, 15) is 0 Å². The van der Waals surface area contributed by atoms with Crippen LogP contribution in [0, 0.1) is 22.7 Å². The SMILES string of the molecule is CCC[n+]1ccn(C(C#N)C#N)c1CC. The molecule has 0 N–H and O–H groups in total. The van der Waals surface area contributed by atoms with Crippen LogP contribution < -0.4 is 4.57 Å². The van der Waals surface area contributed by atoms with Gasteiger partial charge in [0.25, 0.3) is 11.9 Å². The van der Waals surface area contributed by atoms with E-state index in [1.807, 2.05) is 31.5 Å². The highest BCUT2D eigenvalue weighted by Gasteiger charge is 2.21. The summed E-state index contributed by atoms with van der Waals surface area (Å²) in [4.78, 5) is 0. The molecule has 0 radical (unpaired) electrons. The largest absolute Gasteiger partial charge is 0.272 e. The van der Waals surface area contributed by atoms with Crippen LogP contribution in [0.5, 0.6) is 0 Å². The fraction of sp³-hybridized carbons (Fsp3) is 0.545. The summed E-state index contributed by atoms with van der Waals surface area (Å²) in [5.74, 6) is 1.03. The van der Waals surface area contributed by atoms with Gasteiger partial charge < -0.3 is 0 Å². The number of aromatic nitrogens is 2. The van der Waals surface area contributed by atoms with E-state index < -0.39 is 6.04 Å². The van der Waals surface area contributed by atoms with Gasteiger partial charge in [-0.15, -0.1) is 0 Å². The molecule has 0 spiro atoms. The summed E-state index contributed by atoms with van der Waals surface area (Å²) in [5, 5.41) is 17.7. The normalized spacial score (nSPS) is 9.93. The Balaban J connectivity index is 3.10. The Kier molecular flexibility index (Phi) is 3.88. The molecule has 78 valence electrons. The average molecular weight is 203 g/mol. The molecule has 0 bridgehead atoms. The lowest BCUT2D eigenvalue weighted by Crippen LogP contribution is -2.37. The summed E-state index contributed by atoms with van der Waals surface area (Å²) in [6.45, 7) is 5.07. The quantitative estimate of drug-likeness (QED) is 0.693. The first kappa shape index (κ1) is 11.3. The lowest BCUT2D eigenvalue weighted by atomic mass is 10.3. The zero-order valence-electron chi connectivity index (χ0n) is 9.14. The Bertz CT molecular complexity index is 391. The summed E-state index contributed by atoms with van der Waals surface area (Å²) in [5.41, 5.74) is 0. The second-order valence-electron chi connectivity index (χ2n) is 3.33. The van der Waals surface area contributed by atoms with Crippen LogP contribution in [0.3, 0.4) is 0 Å². The number of imidazole rings is 1. The van der Waals surface area contributed by atoms with Gasteiger partial charge in [-0.05, 0) is 6.42 Å². The van der Waals surface area contributed by atoms with Gasteiger partial charge in [-0.2, -0.15) is 10.5 Å². The molecule has 0 aliphatic heterocycles. The van der Waals surface area contributed by atoms with Crippen molar-refractivity contribution < 1.29 is 4.57 Å². The zero-order valence-corrected chi connectivity index (χ0v) is 9.14. The van der Waals surface area contributed by atoms with Crippen LogP contribution in [-0.2, 0) is 13.0 Å². The van der Waals surface area contributed by atoms with Crippen molar-refractivity contribution in [3.8, 4) is 12.1 Å². The van der Waals surface area contributed by atoms with Gasteiger partial charge in [-0.25, -0.2) is 9.13 Å². The molecular formula is C11H15N4+. The predicted octanol–water partition coefficient (Wildman–Crippen LogP) is 1.34. The average Bonchev–Trinajstić information content (AvgIpc) is 2.64. The predicted molar refractivity (Wildman–Crippen MR) is 54.6 cm³/mol. The van der Waals surface area contributed by atoms with E-state index in [1.54, 1.807) is 4.57 Å². The molecule has 0 aliphatic carbocycles. The maximum atomic E-state index is 8.84. The minimum absolute atomic E-state index is 0.710. The third-order valence-electron chi connectivity index (χ3n) is 2.34. The summed E-state index contributed by atoms with van der Waals surface area (Å²) >= 11 is 0. The van der Waals surface area contributed by atoms with Crippen molar-refractivity contribution in [3.05, 3.63) is 18.2 Å². The van der Waals surface area contributed by atoms with Crippen LogP contribution in [0.2, 0.25) is 0 Å². The van der Waals surface area contributed by atoms with Gasteiger partial charge in [0.15, 0.2) is 0 Å². The van der Waals surface area contributed by atoms with Crippen molar-refractivity contribution in [2.45, 2.75) is 39.3 Å². The van der Waals surface area contributed by atoms with Crippen LogP contribution in [0.1, 0.15) is 32.1 Å². The Hall–Kier alpha value is -1.81. The first-order valence-electron chi connectivity index (χ1n) is 5.16. The summed E-state index contributed by atoms with van der Waals surface area (Å²) in [6.07, 6.45) is 5.62. The Labute approximate surface area is 90.0 Å². The summed E-state index contributed by atoms with van der Waals surface area (Å²) < 4.78 is 3.84. The molecule has 1 aromatic heterocycles. The van der Waals surface area contributed by atoms with Crippen molar-refractivity contribution in [3.63, 3.8) is 0 Å². The highest BCUT2D eigenvalue weighted by atomic mass is 15.2. The van der Waals surface area contributed by atoms with E-state index in [4.69, 9.17) is 10.5 Å². The molecule has 0 unspecified atom stereocenters. The second-order valence-corrected chi connectivity index (χ2v) is 3.33. The molecule has 1 rings (SSSR count). The topological polar surface area (TPSA) is 56.4 Å². The molecule has 1 heterocycles. The van der Waals surface area contributed by atoms with Crippen molar-refractivity contribution in [2.24, 2.45) is 0 Å². The number of nitriles is 2. The highest BCUT2D eigenvalue weighted by Crippen LogP contribution is 2.07. The van der Waals surface area contributed by atoms with E-state index in [1.165, 1.54) is 0 Å². The lowest BCUT2D eigenvalue weighted by molar-refractivity contribution is -0.703. The van der Waals surface area contributed by atoms with Crippen LogP contribution >= 0.6 is 0 Å². The summed E-state index contributed by atoms with van der Waals surface area (Å²) in [7, 11) is 0. The molecule has 0 fully saturated rings. The summed E-state index contributed by atoms with van der Waals surface area (Å²) in [6, 6.07) is 3.26. The van der Waals surface area contributed by atoms with Crippen molar-refractivity contribution in [2.75, 3.05) is 0 Å². The van der Waals surface area contributed by atoms with E-state index in [2.05, 4.69) is 11.5 Å². The molecule has 0 saturated carbocycles. The van der Waals surface area contributed by atoms with Gasteiger partial charge in [-0.3, -0.25) is 0 Å². The molecule has 4 nitrogen and oxygen atoms in total. The molecule has 4 heteroatoms. The zero-order chi connectivity index (χ0) is 11.3. The Morgan fingerprint density at radius 3 is 2.53 bits per heavy atom. The molecule has 15 heavy (non-hydrogen) atoms. The monoisotopic (exact) mass is 203 g/mol. The maximum Gasteiger partial charge on any atom is 0.272 e.